The molecule has 3 atom stereocenters. The SMILES string of the molecule is CSC1CCC(NC(C)c2cc(C)sc2C)C1. The Morgan fingerprint density at radius 3 is 2.71 bits per heavy atom. The zero-order chi connectivity index (χ0) is 12.4. The lowest BCUT2D eigenvalue weighted by molar-refractivity contribution is 0.462. The highest BCUT2D eigenvalue weighted by Crippen LogP contribution is 2.31. The largest absolute Gasteiger partial charge is 0.307 e. The molecule has 0 aromatic carbocycles. The molecule has 3 heteroatoms. The van der Waals surface area contributed by atoms with E-state index in [4.69, 9.17) is 0 Å². The Morgan fingerprint density at radius 2 is 2.18 bits per heavy atom. The number of rotatable bonds is 4. The zero-order valence-electron chi connectivity index (χ0n) is 11.2. The van der Waals surface area contributed by atoms with Crippen molar-refractivity contribution >= 4 is 23.1 Å². The van der Waals surface area contributed by atoms with E-state index in [1.54, 1.807) is 0 Å². The summed E-state index contributed by atoms with van der Waals surface area (Å²) in [5.74, 6) is 0. The lowest BCUT2D eigenvalue weighted by atomic mass is 10.1. The van der Waals surface area contributed by atoms with Crippen molar-refractivity contribution in [1.82, 2.24) is 5.32 Å². The van der Waals surface area contributed by atoms with Gasteiger partial charge in [-0.15, -0.1) is 11.3 Å². The average molecular weight is 269 g/mol. The molecule has 1 heterocycles. The van der Waals surface area contributed by atoms with Gasteiger partial charge < -0.3 is 5.32 Å². The molecule has 1 aliphatic rings. The molecule has 17 heavy (non-hydrogen) atoms. The molecule has 1 aromatic heterocycles. The van der Waals surface area contributed by atoms with Crippen LogP contribution in [0.3, 0.4) is 0 Å². The van der Waals surface area contributed by atoms with Crippen LogP contribution in [0.1, 0.15) is 47.5 Å². The number of thiophene rings is 1. The highest BCUT2D eigenvalue weighted by Gasteiger charge is 2.25. The van der Waals surface area contributed by atoms with Crippen LogP contribution >= 0.6 is 23.1 Å². The van der Waals surface area contributed by atoms with E-state index >= 15 is 0 Å². The van der Waals surface area contributed by atoms with Crippen LogP contribution in [-0.4, -0.2) is 17.5 Å². The van der Waals surface area contributed by atoms with Crippen molar-refractivity contribution in [2.45, 2.75) is 57.4 Å². The van der Waals surface area contributed by atoms with Crippen molar-refractivity contribution in [2.24, 2.45) is 0 Å². The lowest BCUT2D eigenvalue weighted by Gasteiger charge is -2.19. The van der Waals surface area contributed by atoms with Crippen LogP contribution in [0.15, 0.2) is 6.07 Å². The third-order valence-corrected chi connectivity index (χ3v) is 5.83. The normalized spacial score (nSPS) is 26.4. The summed E-state index contributed by atoms with van der Waals surface area (Å²) in [5, 5.41) is 4.69. The highest BCUT2D eigenvalue weighted by atomic mass is 32.2. The molecule has 1 aliphatic carbocycles. The van der Waals surface area contributed by atoms with Crippen molar-refractivity contribution in [3.63, 3.8) is 0 Å². The van der Waals surface area contributed by atoms with Gasteiger partial charge in [0, 0.05) is 27.1 Å². The van der Waals surface area contributed by atoms with Gasteiger partial charge >= 0.3 is 0 Å². The van der Waals surface area contributed by atoms with Crippen LogP contribution in [-0.2, 0) is 0 Å². The molecule has 1 nitrogen and oxygen atoms in total. The Balaban J connectivity index is 1.93. The van der Waals surface area contributed by atoms with Crippen LogP contribution in [0.4, 0.5) is 0 Å². The molecule has 2 rings (SSSR count). The number of thioether (sulfide) groups is 1. The van der Waals surface area contributed by atoms with E-state index in [1.165, 1.54) is 34.6 Å². The van der Waals surface area contributed by atoms with E-state index in [0.29, 0.717) is 6.04 Å². The highest BCUT2D eigenvalue weighted by molar-refractivity contribution is 7.99. The monoisotopic (exact) mass is 269 g/mol. The third-order valence-electron chi connectivity index (χ3n) is 3.75. The molecule has 1 aromatic rings. The molecule has 0 bridgehead atoms. The first kappa shape index (κ1) is 13.4. The fourth-order valence-corrected chi connectivity index (χ4v) is 4.65. The van der Waals surface area contributed by atoms with Crippen LogP contribution in [0, 0.1) is 13.8 Å². The van der Waals surface area contributed by atoms with Crippen molar-refractivity contribution < 1.29 is 0 Å². The van der Waals surface area contributed by atoms with Gasteiger partial charge in [0.25, 0.3) is 0 Å². The van der Waals surface area contributed by atoms with Gasteiger partial charge in [-0.05, 0) is 57.9 Å². The summed E-state index contributed by atoms with van der Waals surface area (Å²) >= 11 is 3.94. The van der Waals surface area contributed by atoms with Crippen molar-refractivity contribution in [3.05, 3.63) is 21.4 Å². The van der Waals surface area contributed by atoms with Gasteiger partial charge in [0.2, 0.25) is 0 Å². The Hall–Kier alpha value is 0.01000. The van der Waals surface area contributed by atoms with Gasteiger partial charge in [-0.25, -0.2) is 0 Å². The minimum absolute atomic E-state index is 0.505. The van der Waals surface area contributed by atoms with Crippen LogP contribution in [0.25, 0.3) is 0 Å². The van der Waals surface area contributed by atoms with E-state index in [0.717, 1.165) is 11.3 Å². The van der Waals surface area contributed by atoms with E-state index in [2.05, 4.69) is 38.4 Å². The van der Waals surface area contributed by atoms with Crippen LogP contribution < -0.4 is 5.32 Å². The molecule has 3 unspecified atom stereocenters. The van der Waals surface area contributed by atoms with Crippen LogP contribution in [0.5, 0.6) is 0 Å². The lowest BCUT2D eigenvalue weighted by Crippen LogP contribution is -2.29. The summed E-state index contributed by atoms with van der Waals surface area (Å²) in [5.41, 5.74) is 1.50. The molecule has 0 radical (unpaired) electrons. The predicted octanol–water partition coefficient (Wildman–Crippen LogP) is 4.30. The van der Waals surface area contributed by atoms with Crippen molar-refractivity contribution in [3.8, 4) is 0 Å². The Bertz CT molecular complexity index is 372. The van der Waals surface area contributed by atoms with Gasteiger partial charge in [0.15, 0.2) is 0 Å². The maximum Gasteiger partial charge on any atom is 0.0305 e. The molecule has 0 aliphatic heterocycles. The molecule has 1 fully saturated rings. The minimum Gasteiger partial charge on any atom is -0.307 e. The standard InChI is InChI=1S/C14H23NS2/c1-9-7-14(11(3)17-9)10(2)15-12-5-6-13(8-12)16-4/h7,10,12-13,15H,5-6,8H2,1-4H3. The first-order chi connectivity index (χ1) is 8.10. The van der Waals surface area contributed by atoms with E-state index < -0.39 is 0 Å². The summed E-state index contributed by atoms with van der Waals surface area (Å²) in [7, 11) is 0. The molecular weight excluding hydrogens is 246 g/mol. The Morgan fingerprint density at radius 1 is 1.41 bits per heavy atom. The first-order valence-corrected chi connectivity index (χ1v) is 8.56. The molecule has 1 saturated carbocycles. The van der Waals surface area contributed by atoms with Gasteiger partial charge in [0.1, 0.15) is 0 Å². The molecule has 96 valence electrons. The van der Waals surface area contributed by atoms with Gasteiger partial charge in [-0.1, -0.05) is 0 Å². The van der Waals surface area contributed by atoms with E-state index in [9.17, 15) is 0 Å². The summed E-state index contributed by atoms with van der Waals surface area (Å²) < 4.78 is 0. The molecule has 0 amide bonds. The quantitative estimate of drug-likeness (QED) is 0.874. The molecule has 1 N–H and O–H groups in total. The van der Waals surface area contributed by atoms with Gasteiger partial charge in [-0.2, -0.15) is 11.8 Å². The second kappa shape index (κ2) is 5.77. The number of aryl methyl sites for hydroxylation is 2. The zero-order valence-corrected chi connectivity index (χ0v) is 12.9. The smallest absolute Gasteiger partial charge is 0.0305 e. The summed E-state index contributed by atoms with van der Waals surface area (Å²) in [6.07, 6.45) is 6.31. The van der Waals surface area contributed by atoms with Crippen molar-refractivity contribution in [1.29, 1.82) is 0 Å². The first-order valence-electron chi connectivity index (χ1n) is 6.46. The predicted molar refractivity (Wildman–Crippen MR) is 80.3 cm³/mol. The van der Waals surface area contributed by atoms with E-state index in [1.807, 2.05) is 23.1 Å². The Labute approximate surface area is 113 Å². The van der Waals surface area contributed by atoms with Crippen LogP contribution in [0.2, 0.25) is 0 Å². The number of nitrogens with one attached hydrogen (secondary N) is 1. The topological polar surface area (TPSA) is 12.0 Å². The fourth-order valence-electron chi connectivity index (χ4n) is 2.83. The summed E-state index contributed by atoms with van der Waals surface area (Å²) in [6, 6.07) is 3.58. The second-order valence-electron chi connectivity index (χ2n) is 5.12. The second-order valence-corrected chi connectivity index (χ2v) is 7.72. The number of hydrogen-bond donors (Lipinski definition) is 1. The molecular formula is C14H23NS2. The Kier molecular flexibility index (Phi) is 4.56. The van der Waals surface area contributed by atoms with E-state index in [-0.39, 0.29) is 0 Å². The maximum atomic E-state index is 3.81. The molecule has 0 spiro atoms. The average Bonchev–Trinajstić information content (AvgIpc) is 2.85. The number of hydrogen-bond acceptors (Lipinski definition) is 3. The summed E-state index contributed by atoms with van der Waals surface area (Å²) in [6.45, 7) is 6.75. The van der Waals surface area contributed by atoms with Gasteiger partial charge in [-0.3, -0.25) is 0 Å². The van der Waals surface area contributed by atoms with Crippen molar-refractivity contribution in [2.75, 3.05) is 6.26 Å². The summed E-state index contributed by atoms with van der Waals surface area (Å²) in [4.78, 5) is 2.90. The third kappa shape index (κ3) is 3.27. The molecule has 0 saturated heterocycles. The van der Waals surface area contributed by atoms with Gasteiger partial charge in [0.05, 0.1) is 0 Å². The fraction of sp³-hybridized carbons (Fsp3) is 0.714. The minimum atomic E-state index is 0.505. The maximum absolute atomic E-state index is 3.81.